The summed E-state index contributed by atoms with van der Waals surface area (Å²) >= 11 is 0. The van der Waals surface area contributed by atoms with Crippen LogP contribution in [-0.4, -0.2) is 11.0 Å². The van der Waals surface area contributed by atoms with Crippen LogP contribution in [0.2, 0.25) is 0 Å². The Hall–Kier alpha value is -3.08. The van der Waals surface area contributed by atoms with Gasteiger partial charge in [-0.2, -0.15) is 0 Å². The number of hydrogen-bond acceptors (Lipinski definition) is 3. The van der Waals surface area contributed by atoms with Crippen LogP contribution in [-0.2, 0) is 0 Å². The molecule has 0 spiro atoms. The first kappa shape index (κ1) is 14.8. The van der Waals surface area contributed by atoms with Gasteiger partial charge in [-0.1, -0.05) is 30.3 Å². The second-order valence-corrected chi connectivity index (χ2v) is 4.91. The maximum Gasteiger partial charge on any atom is 0.159 e. The fraction of sp³-hybridized carbons (Fsp3) is 0. The van der Waals surface area contributed by atoms with Crippen molar-refractivity contribution in [2.75, 3.05) is 0 Å². The van der Waals surface area contributed by atoms with E-state index in [2.05, 4.69) is 4.98 Å². The van der Waals surface area contributed by atoms with Gasteiger partial charge in [0, 0.05) is 10.9 Å². The number of fused-ring (bicyclic) bond motifs is 1. The number of benzene rings is 2. The fourth-order valence-corrected chi connectivity index (χ4v) is 2.25. The van der Waals surface area contributed by atoms with Crippen molar-refractivity contribution in [1.29, 1.82) is 0 Å². The first-order chi connectivity index (χ1) is 11.0. The maximum absolute atomic E-state index is 13.2. The summed E-state index contributed by atoms with van der Waals surface area (Å²) < 4.78 is 26.1. The Labute approximate surface area is 130 Å². The zero-order chi connectivity index (χ0) is 16.4. The Bertz CT molecular complexity index is 935. The summed E-state index contributed by atoms with van der Waals surface area (Å²) in [6.07, 6.45) is 3.06. The van der Waals surface area contributed by atoms with Gasteiger partial charge >= 0.3 is 0 Å². The minimum Gasteiger partial charge on any atom is -0.545 e. The second-order valence-electron chi connectivity index (χ2n) is 4.91. The highest BCUT2D eigenvalue weighted by Gasteiger charge is 2.05. The molecule has 114 valence electrons. The van der Waals surface area contributed by atoms with E-state index >= 15 is 0 Å². The molecule has 0 unspecified atom stereocenters. The zero-order valence-electron chi connectivity index (χ0n) is 11.8. The highest BCUT2D eigenvalue weighted by atomic mass is 19.2. The quantitative estimate of drug-likeness (QED) is 0.747. The van der Waals surface area contributed by atoms with E-state index in [9.17, 15) is 18.7 Å². The Balaban J connectivity index is 2.04. The number of aromatic carboxylic acids is 1. The highest BCUT2D eigenvalue weighted by molar-refractivity contribution is 6.02. The number of para-hydroxylation sites is 1. The number of aromatic nitrogens is 1. The van der Waals surface area contributed by atoms with Gasteiger partial charge in [0.05, 0.1) is 17.2 Å². The van der Waals surface area contributed by atoms with Crippen LogP contribution < -0.4 is 5.11 Å². The molecule has 1 aromatic heterocycles. The fourth-order valence-electron chi connectivity index (χ4n) is 2.25. The van der Waals surface area contributed by atoms with E-state index in [1.807, 2.05) is 0 Å². The summed E-state index contributed by atoms with van der Waals surface area (Å²) in [6, 6.07) is 11.7. The Morgan fingerprint density at radius 2 is 1.78 bits per heavy atom. The van der Waals surface area contributed by atoms with Gasteiger partial charge in [-0.3, -0.25) is 0 Å². The smallest absolute Gasteiger partial charge is 0.159 e. The molecule has 5 heteroatoms. The number of hydrogen-bond donors (Lipinski definition) is 0. The van der Waals surface area contributed by atoms with Gasteiger partial charge in [-0.05, 0) is 35.9 Å². The van der Waals surface area contributed by atoms with Crippen molar-refractivity contribution in [3.63, 3.8) is 0 Å². The van der Waals surface area contributed by atoms with Crippen molar-refractivity contribution < 1.29 is 18.7 Å². The summed E-state index contributed by atoms with van der Waals surface area (Å²) in [5, 5.41) is 11.8. The molecule has 1 heterocycles. The van der Waals surface area contributed by atoms with Crippen LogP contribution in [0.25, 0.3) is 23.1 Å². The Morgan fingerprint density at radius 3 is 2.52 bits per heavy atom. The summed E-state index contributed by atoms with van der Waals surface area (Å²) in [6.45, 7) is 0. The number of pyridine rings is 1. The molecular formula is C18H10F2NO2-. The largest absolute Gasteiger partial charge is 0.545 e. The van der Waals surface area contributed by atoms with Gasteiger partial charge in [-0.15, -0.1) is 0 Å². The van der Waals surface area contributed by atoms with Crippen LogP contribution in [0, 0.1) is 11.6 Å². The van der Waals surface area contributed by atoms with Gasteiger partial charge in [0.1, 0.15) is 0 Å². The summed E-state index contributed by atoms with van der Waals surface area (Å²) in [7, 11) is 0. The molecule has 0 aliphatic heterocycles. The predicted molar refractivity (Wildman–Crippen MR) is 81.4 cm³/mol. The Morgan fingerprint density at radius 1 is 1.00 bits per heavy atom. The SMILES string of the molecule is O=C([O-])c1cc(/C=C/c2ccc(F)c(F)c2)nc2ccccc12. The molecule has 0 saturated carbocycles. The zero-order valence-corrected chi connectivity index (χ0v) is 11.8. The molecule has 3 rings (SSSR count). The minimum absolute atomic E-state index is 0.0283. The predicted octanol–water partition coefficient (Wildman–Crippen LogP) is 3.05. The van der Waals surface area contributed by atoms with Crippen LogP contribution in [0.1, 0.15) is 21.6 Å². The van der Waals surface area contributed by atoms with E-state index in [0.29, 0.717) is 22.2 Å². The molecule has 0 aliphatic carbocycles. The molecule has 0 aliphatic rings. The lowest BCUT2D eigenvalue weighted by atomic mass is 10.1. The maximum atomic E-state index is 13.2. The molecule has 0 radical (unpaired) electrons. The molecule has 3 nitrogen and oxygen atoms in total. The monoisotopic (exact) mass is 310 g/mol. The third-order valence-corrected chi connectivity index (χ3v) is 3.35. The van der Waals surface area contributed by atoms with E-state index < -0.39 is 17.6 Å². The molecule has 0 atom stereocenters. The molecule has 2 aromatic carbocycles. The van der Waals surface area contributed by atoms with E-state index in [1.165, 1.54) is 24.3 Å². The number of nitrogens with zero attached hydrogens (tertiary/aromatic N) is 1. The standard InChI is InChI=1S/C18H11F2NO2/c19-15-8-6-11(9-16(15)20)5-7-12-10-14(18(22)23)13-3-1-2-4-17(13)21-12/h1-10H,(H,22,23)/p-1/b7-5+. The van der Waals surface area contributed by atoms with Gasteiger partial charge in [0.15, 0.2) is 11.6 Å². The third-order valence-electron chi connectivity index (χ3n) is 3.35. The lowest BCUT2D eigenvalue weighted by Crippen LogP contribution is -2.22. The van der Waals surface area contributed by atoms with Crippen molar-refractivity contribution in [1.82, 2.24) is 4.98 Å². The van der Waals surface area contributed by atoms with E-state index in [4.69, 9.17) is 0 Å². The van der Waals surface area contributed by atoms with Gasteiger partial charge in [0.2, 0.25) is 0 Å². The van der Waals surface area contributed by atoms with Gasteiger partial charge < -0.3 is 9.90 Å². The molecule has 0 amide bonds. The van der Waals surface area contributed by atoms with Crippen molar-refractivity contribution in [3.05, 3.63) is 77.0 Å². The number of carboxylic acids is 1. The van der Waals surface area contributed by atoms with Crippen molar-refractivity contribution in [2.45, 2.75) is 0 Å². The van der Waals surface area contributed by atoms with Crippen LogP contribution in [0.4, 0.5) is 8.78 Å². The number of halogens is 2. The van der Waals surface area contributed by atoms with Crippen LogP contribution >= 0.6 is 0 Å². The lowest BCUT2D eigenvalue weighted by molar-refractivity contribution is -0.254. The lowest BCUT2D eigenvalue weighted by Gasteiger charge is -2.08. The van der Waals surface area contributed by atoms with Crippen molar-refractivity contribution in [2.24, 2.45) is 0 Å². The molecular weight excluding hydrogens is 300 g/mol. The van der Waals surface area contributed by atoms with Crippen molar-refractivity contribution >= 4 is 29.0 Å². The first-order valence-electron chi connectivity index (χ1n) is 6.79. The minimum atomic E-state index is -1.30. The van der Waals surface area contributed by atoms with E-state index in [1.54, 1.807) is 24.3 Å². The first-order valence-corrected chi connectivity index (χ1v) is 6.79. The summed E-state index contributed by atoms with van der Waals surface area (Å²) in [5.41, 5.74) is 1.36. The van der Waals surface area contributed by atoms with Crippen LogP contribution in [0.5, 0.6) is 0 Å². The number of carbonyl (C=O) groups is 1. The molecule has 3 aromatic rings. The highest BCUT2D eigenvalue weighted by Crippen LogP contribution is 2.19. The normalized spacial score (nSPS) is 11.2. The summed E-state index contributed by atoms with van der Waals surface area (Å²) in [4.78, 5) is 15.6. The van der Waals surface area contributed by atoms with Gasteiger partial charge in [0.25, 0.3) is 0 Å². The molecule has 0 N–H and O–H groups in total. The summed E-state index contributed by atoms with van der Waals surface area (Å²) in [5.74, 6) is -3.18. The van der Waals surface area contributed by atoms with E-state index in [0.717, 1.165) is 12.1 Å². The Kier molecular flexibility index (Phi) is 3.85. The molecule has 23 heavy (non-hydrogen) atoms. The molecule has 0 saturated heterocycles. The molecule has 0 bridgehead atoms. The molecule has 0 fully saturated rings. The van der Waals surface area contributed by atoms with Crippen molar-refractivity contribution in [3.8, 4) is 0 Å². The van der Waals surface area contributed by atoms with Crippen LogP contribution in [0.15, 0.2) is 48.5 Å². The average molecular weight is 310 g/mol. The van der Waals surface area contributed by atoms with Crippen LogP contribution in [0.3, 0.4) is 0 Å². The van der Waals surface area contributed by atoms with E-state index in [-0.39, 0.29) is 5.56 Å². The number of carboxylic acid groups (broad SMARTS) is 1. The average Bonchev–Trinajstić information content (AvgIpc) is 2.55. The third kappa shape index (κ3) is 3.08. The number of carbonyl (C=O) groups excluding carboxylic acids is 1. The second kappa shape index (κ2) is 5.96. The van der Waals surface area contributed by atoms with Gasteiger partial charge in [-0.25, -0.2) is 13.8 Å². The number of rotatable bonds is 3. The topological polar surface area (TPSA) is 53.0 Å².